The lowest BCUT2D eigenvalue weighted by atomic mass is 9.86. The summed E-state index contributed by atoms with van der Waals surface area (Å²) in [5.74, 6) is 0. The highest BCUT2D eigenvalue weighted by Gasteiger charge is 2.28. The molecule has 0 amide bonds. The Morgan fingerprint density at radius 1 is 0.277 bits per heavy atom. The molecule has 2 aliphatic carbocycles. The fourth-order valence-corrected chi connectivity index (χ4v) is 16.6. The molecule has 16 aromatic rings. The zero-order chi connectivity index (χ0) is 62.4. The number of rotatable bonds is 14. The van der Waals surface area contributed by atoms with Crippen molar-refractivity contribution in [2.24, 2.45) is 0 Å². The molecule has 0 N–H and O–H groups in total. The van der Waals surface area contributed by atoms with Gasteiger partial charge in [0.05, 0.1) is 33.4 Å². The molecule has 18 rings (SSSR count). The maximum absolute atomic E-state index is 2.64. The Balaban J connectivity index is 0.877. The Morgan fingerprint density at radius 3 is 1.04 bits per heavy atom. The van der Waals surface area contributed by atoms with Crippen LogP contribution >= 0.6 is 0 Å². The summed E-state index contributed by atoms with van der Waals surface area (Å²) in [7, 11) is 0. The van der Waals surface area contributed by atoms with Crippen molar-refractivity contribution >= 4 is 110 Å². The molecule has 0 saturated carbocycles. The molecule has 0 atom stereocenters. The van der Waals surface area contributed by atoms with Gasteiger partial charge in [0.25, 0.3) is 0 Å². The summed E-state index contributed by atoms with van der Waals surface area (Å²) in [6, 6.07) is 102. The Morgan fingerprint density at radius 2 is 0.617 bits per heavy atom. The largest absolute Gasteiger partial charge is 0.310 e. The van der Waals surface area contributed by atoms with Crippen LogP contribution in [0.25, 0.3) is 110 Å². The highest BCUT2D eigenvalue weighted by Crippen LogP contribution is 2.52. The van der Waals surface area contributed by atoms with Gasteiger partial charge in [-0.05, 0) is 238 Å². The number of aromatic nitrogens is 2. The van der Waals surface area contributed by atoms with Gasteiger partial charge in [0.2, 0.25) is 0 Å². The van der Waals surface area contributed by atoms with Gasteiger partial charge in [0.15, 0.2) is 0 Å². The summed E-state index contributed by atoms with van der Waals surface area (Å²) < 4.78 is 4.98. The third-order valence-corrected chi connectivity index (χ3v) is 21.0. The molecule has 0 fully saturated rings. The van der Waals surface area contributed by atoms with Gasteiger partial charge in [-0.15, -0.1) is 0 Å². The lowest BCUT2D eigenvalue weighted by Gasteiger charge is -2.32. The van der Waals surface area contributed by atoms with E-state index in [1.54, 1.807) is 0 Å². The van der Waals surface area contributed by atoms with Crippen LogP contribution in [-0.4, -0.2) is 9.13 Å². The van der Waals surface area contributed by atoms with E-state index >= 15 is 0 Å². The first kappa shape index (κ1) is 56.1. The number of aryl methyl sites for hydroxylation is 6. The molecule has 4 heteroatoms. The zero-order valence-corrected chi connectivity index (χ0v) is 53.7. The van der Waals surface area contributed by atoms with Gasteiger partial charge in [-0.1, -0.05) is 197 Å². The first-order valence-corrected chi connectivity index (χ1v) is 34.5. The molecule has 4 nitrogen and oxygen atoms in total. The first-order valence-electron chi connectivity index (χ1n) is 34.5. The third kappa shape index (κ3) is 9.31. The zero-order valence-electron chi connectivity index (χ0n) is 53.7. The summed E-state index contributed by atoms with van der Waals surface area (Å²) in [5, 5.41) is 12.9. The maximum Gasteiger partial charge on any atom is 0.0561 e. The van der Waals surface area contributed by atoms with Gasteiger partial charge in [-0.3, -0.25) is 0 Å². The minimum absolute atomic E-state index is 0.963. The Hall–Kier alpha value is -10.7. The van der Waals surface area contributed by atoms with E-state index in [0.29, 0.717) is 0 Å². The van der Waals surface area contributed by atoms with E-state index in [0.717, 1.165) is 74.1 Å². The number of benzene rings is 14. The maximum atomic E-state index is 2.64. The van der Waals surface area contributed by atoms with Crippen LogP contribution in [0, 0.1) is 0 Å². The van der Waals surface area contributed by atoms with Crippen molar-refractivity contribution in [1.82, 2.24) is 9.13 Å². The van der Waals surface area contributed by atoms with Crippen LogP contribution in [0.5, 0.6) is 0 Å². The summed E-state index contributed by atoms with van der Waals surface area (Å²) in [6.07, 6.45) is 13.4. The Bertz CT molecular complexity index is 5230. The first-order chi connectivity index (χ1) is 46.5. The molecule has 0 unspecified atom stereocenters. The number of anilines is 6. The van der Waals surface area contributed by atoms with Crippen LogP contribution in [0.2, 0.25) is 0 Å². The molecule has 0 radical (unpaired) electrons. The molecule has 2 aromatic heterocycles. The number of nitrogens with zero attached hydrogens (tertiary/aromatic N) is 4. The minimum Gasteiger partial charge on any atom is -0.310 e. The molecule has 0 aliphatic heterocycles. The number of hydrogen-bond donors (Lipinski definition) is 0. The average molecular weight is 1210 g/mol. The molecular weight excluding hydrogens is 1140 g/mol. The average Bonchev–Trinajstić information content (AvgIpc) is 0.785. The van der Waals surface area contributed by atoms with Crippen LogP contribution in [0.15, 0.2) is 267 Å². The van der Waals surface area contributed by atoms with Gasteiger partial charge in [0, 0.05) is 66.4 Å². The highest BCUT2D eigenvalue weighted by molar-refractivity contribution is 6.29. The fraction of sp³-hybridized carbons (Fsp3) is 0.156. The normalized spacial score (nSPS) is 13.3. The molecule has 454 valence electrons. The molecular formula is C90H74N4. The van der Waals surface area contributed by atoms with E-state index in [1.807, 2.05) is 0 Å². The quantitative estimate of drug-likeness (QED) is 0.101. The SMILES string of the molecule is CCCc1cc(N(c2ccc3c(c2)CCCC3)c2ccc3c4ccccc4n(-c4ccc(-c5ccccc5)cc4)c3c2)c2ccc3c(CCC)cc(N(c4ccc5c(c4)CCCC5)c4ccc5c6ccccc6n(-c6ccc(-c7ccccc7)cc6)c5c4)c4ccc1c2c34. The Kier molecular flexibility index (Phi) is 13.8. The van der Waals surface area contributed by atoms with Crippen molar-refractivity contribution in [3.63, 3.8) is 0 Å². The lowest BCUT2D eigenvalue weighted by molar-refractivity contribution is 0.685. The molecule has 2 aliphatic rings. The van der Waals surface area contributed by atoms with Crippen molar-refractivity contribution in [2.75, 3.05) is 9.80 Å². The second-order valence-corrected chi connectivity index (χ2v) is 26.6. The van der Waals surface area contributed by atoms with Crippen LogP contribution in [0.1, 0.15) is 85.8 Å². The second kappa shape index (κ2) is 23.2. The number of fused-ring (bicyclic) bond motifs is 8. The third-order valence-electron chi connectivity index (χ3n) is 21.0. The fourth-order valence-electron chi connectivity index (χ4n) is 16.6. The van der Waals surface area contributed by atoms with E-state index in [1.165, 1.54) is 180 Å². The van der Waals surface area contributed by atoms with Gasteiger partial charge in [0.1, 0.15) is 0 Å². The monoisotopic (exact) mass is 1210 g/mol. The highest BCUT2D eigenvalue weighted by atomic mass is 15.2. The van der Waals surface area contributed by atoms with Gasteiger partial charge in [-0.25, -0.2) is 0 Å². The van der Waals surface area contributed by atoms with Gasteiger partial charge in [-0.2, -0.15) is 0 Å². The van der Waals surface area contributed by atoms with Crippen molar-refractivity contribution in [1.29, 1.82) is 0 Å². The summed E-state index contributed by atoms with van der Waals surface area (Å²) in [4.78, 5) is 5.27. The molecule has 94 heavy (non-hydrogen) atoms. The van der Waals surface area contributed by atoms with Crippen molar-refractivity contribution in [3.8, 4) is 33.6 Å². The number of hydrogen-bond acceptors (Lipinski definition) is 2. The molecule has 0 bridgehead atoms. The van der Waals surface area contributed by atoms with E-state index in [4.69, 9.17) is 0 Å². The van der Waals surface area contributed by atoms with Crippen molar-refractivity contribution < 1.29 is 0 Å². The minimum atomic E-state index is 0.963. The summed E-state index contributed by atoms with van der Waals surface area (Å²) in [5.41, 5.74) is 27.8. The Labute approximate surface area is 550 Å². The predicted molar refractivity (Wildman–Crippen MR) is 400 cm³/mol. The van der Waals surface area contributed by atoms with Crippen LogP contribution < -0.4 is 9.80 Å². The van der Waals surface area contributed by atoms with E-state index in [2.05, 4.69) is 300 Å². The predicted octanol–water partition coefficient (Wildman–Crippen LogP) is 24.7. The number of para-hydroxylation sites is 2. The topological polar surface area (TPSA) is 16.3 Å². The van der Waals surface area contributed by atoms with E-state index in [-0.39, 0.29) is 0 Å². The van der Waals surface area contributed by atoms with Gasteiger partial charge >= 0.3 is 0 Å². The van der Waals surface area contributed by atoms with E-state index in [9.17, 15) is 0 Å². The van der Waals surface area contributed by atoms with Crippen LogP contribution in [0.3, 0.4) is 0 Å². The summed E-state index contributed by atoms with van der Waals surface area (Å²) in [6.45, 7) is 4.70. The van der Waals surface area contributed by atoms with Crippen molar-refractivity contribution in [3.05, 3.63) is 300 Å². The van der Waals surface area contributed by atoms with Crippen LogP contribution in [0.4, 0.5) is 34.1 Å². The van der Waals surface area contributed by atoms with E-state index < -0.39 is 0 Å². The molecule has 2 heterocycles. The standard InChI is InChI=1S/C90H74N4/c1-3-19-67-55-85(91(71-43-37-61-25-11-13-27-65(61)53-71)73-45-47-79-77-29-15-17-31-83(77)93(87(79)57-73)69-39-33-63(34-40-69)59-21-7-5-8-22-59)81-52-50-76-68(20-4-2)56-86(82-51-49-75(67)89(81)90(76)82)92(72-44-38-62-26-12-14-28-66(62)54-72)74-46-48-80-78-30-16-18-32-84(78)94(88(80)58-74)70-41-35-64(36-42-70)60-23-9-6-10-24-60/h5-10,15-18,21-24,29-58H,3-4,11-14,19-20,25-28H2,1-2H3. The summed E-state index contributed by atoms with van der Waals surface area (Å²) >= 11 is 0. The van der Waals surface area contributed by atoms with Crippen molar-refractivity contribution in [2.45, 2.75) is 90.9 Å². The molecule has 0 saturated heterocycles. The lowest BCUT2D eigenvalue weighted by Crippen LogP contribution is -2.14. The second-order valence-electron chi connectivity index (χ2n) is 26.6. The molecule has 0 spiro atoms. The van der Waals surface area contributed by atoms with Gasteiger partial charge < -0.3 is 18.9 Å². The molecule has 14 aromatic carbocycles. The smallest absolute Gasteiger partial charge is 0.0561 e. The van der Waals surface area contributed by atoms with Crippen LogP contribution in [-0.2, 0) is 38.5 Å².